The molecule has 3 aromatic rings. The molecule has 1 heterocycles. The van der Waals surface area contributed by atoms with Crippen LogP contribution in [0.1, 0.15) is 55.3 Å². The summed E-state index contributed by atoms with van der Waals surface area (Å²) in [5.74, 6) is 2.84. The van der Waals surface area contributed by atoms with E-state index in [0.29, 0.717) is 23.5 Å². The molecule has 1 aromatic heterocycles. The largest absolute Gasteiger partial charge is 0.497 e. The molecule has 0 saturated heterocycles. The molecule has 0 spiro atoms. The maximum Gasteiger partial charge on any atom is 0.165 e. The third-order valence-electron chi connectivity index (χ3n) is 8.86. The first-order valence-electron chi connectivity index (χ1n) is 12.5. The Labute approximate surface area is 201 Å². The number of ether oxygens (including phenoxy) is 1. The number of nitrogens with zero attached hydrogens (tertiary/aromatic N) is 2. The molecule has 4 unspecified atom stereocenters. The summed E-state index contributed by atoms with van der Waals surface area (Å²) in [7, 11) is 3.71. The number of benzene rings is 2. The second kappa shape index (κ2) is 7.97. The van der Waals surface area contributed by atoms with Gasteiger partial charge in [-0.25, -0.2) is 0 Å². The molecule has 0 N–H and O–H groups in total. The average Bonchev–Trinajstić information content (AvgIpc) is 3.35. The number of rotatable bonds is 3. The highest BCUT2D eigenvalue weighted by atomic mass is 16.5. The molecule has 3 aliphatic rings. The lowest BCUT2D eigenvalue weighted by Crippen LogP contribution is -2.42. The van der Waals surface area contributed by atoms with Crippen LogP contribution in [0.5, 0.6) is 5.75 Å². The molecule has 4 atom stereocenters. The lowest BCUT2D eigenvalue weighted by atomic mass is 9.55. The average molecular weight is 453 g/mol. The van der Waals surface area contributed by atoms with E-state index < -0.39 is 0 Å². The molecule has 0 aliphatic heterocycles. The van der Waals surface area contributed by atoms with Gasteiger partial charge in [-0.1, -0.05) is 43.3 Å². The Bertz CT molecular complexity index is 1290. The van der Waals surface area contributed by atoms with Crippen molar-refractivity contribution in [2.24, 2.45) is 24.3 Å². The number of hydrogen-bond donors (Lipinski definition) is 0. The van der Waals surface area contributed by atoms with Crippen LogP contribution in [-0.4, -0.2) is 22.7 Å². The highest BCUT2D eigenvalue weighted by Gasteiger charge is 2.56. The third-order valence-corrected chi connectivity index (χ3v) is 8.86. The lowest BCUT2D eigenvalue weighted by molar-refractivity contribution is -0.127. The van der Waals surface area contributed by atoms with Crippen molar-refractivity contribution in [1.82, 2.24) is 9.78 Å². The number of hydrogen-bond acceptors (Lipinski definition) is 3. The van der Waals surface area contributed by atoms with E-state index in [-0.39, 0.29) is 5.41 Å². The van der Waals surface area contributed by atoms with Crippen molar-refractivity contribution in [2.75, 3.05) is 7.11 Å². The number of aromatic nitrogens is 2. The van der Waals surface area contributed by atoms with Gasteiger partial charge in [0.05, 0.1) is 18.5 Å². The Morgan fingerprint density at radius 3 is 2.74 bits per heavy atom. The van der Waals surface area contributed by atoms with Crippen LogP contribution < -0.4 is 4.74 Å². The van der Waals surface area contributed by atoms with Crippen molar-refractivity contribution in [3.8, 4) is 17.0 Å². The van der Waals surface area contributed by atoms with Crippen LogP contribution in [0.25, 0.3) is 17.3 Å². The summed E-state index contributed by atoms with van der Waals surface area (Å²) in [6.07, 6.45) is 7.24. The second-order valence-electron chi connectivity index (χ2n) is 10.6. The zero-order valence-corrected chi connectivity index (χ0v) is 20.3. The van der Waals surface area contributed by atoms with Crippen LogP contribution in [0.15, 0.2) is 60.2 Å². The van der Waals surface area contributed by atoms with Gasteiger partial charge < -0.3 is 4.74 Å². The van der Waals surface area contributed by atoms with Crippen LogP contribution in [0, 0.1) is 17.3 Å². The van der Waals surface area contributed by atoms with Crippen molar-refractivity contribution in [1.29, 1.82) is 0 Å². The Kier molecular flexibility index (Phi) is 5.02. The summed E-state index contributed by atoms with van der Waals surface area (Å²) in [6, 6.07) is 19.0. The Balaban J connectivity index is 1.31. The third kappa shape index (κ3) is 3.26. The number of ketones is 1. The number of allylic oxidation sites excluding steroid dienone is 1. The topological polar surface area (TPSA) is 44.1 Å². The molecule has 174 valence electrons. The Morgan fingerprint density at radius 1 is 1.12 bits per heavy atom. The Hall–Kier alpha value is -3.14. The van der Waals surface area contributed by atoms with Crippen molar-refractivity contribution in [2.45, 2.75) is 44.9 Å². The van der Waals surface area contributed by atoms with E-state index in [1.54, 1.807) is 7.11 Å². The quantitative estimate of drug-likeness (QED) is 0.444. The zero-order valence-electron chi connectivity index (χ0n) is 20.3. The number of fused-ring (bicyclic) bond motifs is 5. The molecule has 2 fully saturated rings. The van der Waals surface area contributed by atoms with Gasteiger partial charge in [0.15, 0.2) is 5.78 Å². The molecule has 2 saturated carbocycles. The normalized spacial score (nSPS) is 29.0. The molecule has 4 heteroatoms. The summed E-state index contributed by atoms with van der Waals surface area (Å²) in [6.45, 7) is 2.23. The molecule has 6 rings (SSSR count). The SMILES string of the molecule is COc1ccc2c(c1)CCC1C2CCC2(C)C(=O)/C(=C/c3cc(-c4ccccc4)n(C)n3)CC12. The van der Waals surface area contributed by atoms with Gasteiger partial charge in [0.1, 0.15) is 5.75 Å². The van der Waals surface area contributed by atoms with E-state index in [1.165, 1.54) is 11.1 Å². The summed E-state index contributed by atoms with van der Waals surface area (Å²) in [4.78, 5) is 13.7. The molecule has 0 bridgehead atoms. The van der Waals surface area contributed by atoms with E-state index in [0.717, 1.165) is 60.4 Å². The monoisotopic (exact) mass is 452 g/mol. The number of Topliss-reactive ketones (excluding diaryl/α,β-unsaturated/α-hetero) is 1. The van der Waals surface area contributed by atoms with Crippen molar-refractivity contribution < 1.29 is 9.53 Å². The minimum absolute atomic E-state index is 0.242. The highest BCUT2D eigenvalue weighted by Crippen LogP contribution is 2.60. The first-order chi connectivity index (χ1) is 16.5. The number of methoxy groups -OCH3 is 1. The number of aryl methyl sites for hydroxylation is 2. The molecule has 0 amide bonds. The van der Waals surface area contributed by atoms with Gasteiger partial charge in [0.25, 0.3) is 0 Å². The maximum atomic E-state index is 13.7. The molecular weight excluding hydrogens is 420 g/mol. The molecule has 4 nitrogen and oxygen atoms in total. The second-order valence-corrected chi connectivity index (χ2v) is 10.6. The predicted octanol–water partition coefficient (Wildman–Crippen LogP) is 6.21. The lowest BCUT2D eigenvalue weighted by Gasteiger charge is -2.48. The number of carbonyl (C=O) groups excluding carboxylic acids is 1. The van der Waals surface area contributed by atoms with Gasteiger partial charge in [-0.05, 0) is 96.4 Å². The van der Waals surface area contributed by atoms with Gasteiger partial charge in [-0.3, -0.25) is 9.48 Å². The van der Waals surface area contributed by atoms with Crippen LogP contribution in [-0.2, 0) is 18.3 Å². The summed E-state index contributed by atoms with van der Waals surface area (Å²) in [5.41, 5.74) is 6.73. The van der Waals surface area contributed by atoms with E-state index in [2.05, 4.69) is 49.4 Å². The van der Waals surface area contributed by atoms with Gasteiger partial charge in [0.2, 0.25) is 0 Å². The van der Waals surface area contributed by atoms with Gasteiger partial charge >= 0.3 is 0 Å². The van der Waals surface area contributed by atoms with E-state index in [9.17, 15) is 4.79 Å². The van der Waals surface area contributed by atoms with Crippen LogP contribution in [0.4, 0.5) is 0 Å². The highest BCUT2D eigenvalue weighted by molar-refractivity contribution is 6.05. The van der Waals surface area contributed by atoms with Crippen LogP contribution in [0.2, 0.25) is 0 Å². The minimum atomic E-state index is -0.242. The molecule has 0 radical (unpaired) electrons. The standard InChI is InChI=1S/C30H32N2O2/c1-30-14-13-25-24-12-10-23(34-3)16-20(24)9-11-26(25)27(30)17-21(29(30)33)15-22-18-28(32(2)31-22)19-7-5-4-6-8-19/h4-8,10,12,15-16,18,25-27H,9,11,13-14,17H2,1-3H3/b21-15+. The smallest absolute Gasteiger partial charge is 0.165 e. The first kappa shape index (κ1) is 21.4. The predicted molar refractivity (Wildman–Crippen MR) is 135 cm³/mol. The molecule has 3 aliphatic carbocycles. The van der Waals surface area contributed by atoms with E-state index in [1.807, 2.05) is 29.9 Å². The summed E-state index contributed by atoms with van der Waals surface area (Å²) in [5, 5.41) is 4.73. The van der Waals surface area contributed by atoms with Crippen molar-refractivity contribution in [3.05, 3.63) is 77.0 Å². The van der Waals surface area contributed by atoms with E-state index in [4.69, 9.17) is 9.84 Å². The maximum absolute atomic E-state index is 13.7. The van der Waals surface area contributed by atoms with Crippen LogP contribution in [0.3, 0.4) is 0 Å². The van der Waals surface area contributed by atoms with Gasteiger partial charge in [-0.2, -0.15) is 5.10 Å². The fraction of sp³-hybridized carbons (Fsp3) is 0.400. The van der Waals surface area contributed by atoms with Crippen molar-refractivity contribution in [3.63, 3.8) is 0 Å². The molecule has 34 heavy (non-hydrogen) atoms. The fourth-order valence-electron chi connectivity index (χ4n) is 7.10. The zero-order chi connectivity index (χ0) is 23.4. The number of carbonyl (C=O) groups is 1. The van der Waals surface area contributed by atoms with Gasteiger partial charge in [0, 0.05) is 12.5 Å². The first-order valence-corrected chi connectivity index (χ1v) is 12.5. The molecule has 2 aromatic carbocycles. The summed E-state index contributed by atoms with van der Waals surface area (Å²) < 4.78 is 7.38. The Morgan fingerprint density at radius 2 is 1.94 bits per heavy atom. The molecular formula is C30H32N2O2. The van der Waals surface area contributed by atoms with E-state index >= 15 is 0 Å². The minimum Gasteiger partial charge on any atom is -0.497 e. The van der Waals surface area contributed by atoms with Gasteiger partial charge in [-0.15, -0.1) is 0 Å². The van der Waals surface area contributed by atoms with Crippen LogP contribution >= 0.6 is 0 Å². The van der Waals surface area contributed by atoms with Crippen molar-refractivity contribution >= 4 is 11.9 Å². The fourth-order valence-corrected chi connectivity index (χ4v) is 7.10. The summed E-state index contributed by atoms with van der Waals surface area (Å²) >= 11 is 0.